The minimum atomic E-state index is -3.89. The zero-order chi connectivity index (χ0) is 17.0. The van der Waals surface area contributed by atoms with Gasteiger partial charge in [0.2, 0.25) is 0 Å². The van der Waals surface area contributed by atoms with Crippen LogP contribution >= 0.6 is 0 Å². The molecule has 0 bridgehead atoms. The van der Waals surface area contributed by atoms with Gasteiger partial charge in [-0.2, -0.15) is 0 Å². The molecule has 0 aliphatic carbocycles. The molecule has 0 aliphatic rings. The fraction of sp³-hybridized carbons (Fsp3) is 0.133. The number of nitrogens with one attached hydrogen (secondary N) is 2. The van der Waals surface area contributed by atoms with Gasteiger partial charge in [-0.05, 0) is 24.3 Å². The summed E-state index contributed by atoms with van der Waals surface area (Å²) < 4.78 is 34.4. The molecule has 0 saturated heterocycles. The van der Waals surface area contributed by atoms with Gasteiger partial charge in [0.15, 0.2) is 5.58 Å². The van der Waals surface area contributed by atoms with Crippen LogP contribution in [0.3, 0.4) is 0 Å². The smallest absolute Gasteiger partial charge is 0.417 e. The topological polar surface area (TPSA) is 111 Å². The second-order valence-corrected chi connectivity index (χ2v) is 6.41. The number of para-hydroxylation sites is 1. The number of fused-ring (bicyclic) bond motifs is 1. The molecule has 1 heterocycles. The Labute approximate surface area is 137 Å². The number of oxazole rings is 1. The largest absolute Gasteiger partial charge is 0.491 e. The third-order valence-electron chi connectivity index (χ3n) is 3.07. The molecule has 8 nitrogen and oxygen atoms in total. The van der Waals surface area contributed by atoms with E-state index in [1.54, 1.807) is 12.1 Å². The molecule has 9 heteroatoms. The highest BCUT2D eigenvalue weighted by Crippen LogP contribution is 2.16. The summed E-state index contributed by atoms with van der Waals surface area (Å²) in [6.45, 7) is 0.202. The molecule has 1 aromatic heterocycles. The lowest BCUT2D eigenvalue weighted by atomic mass is 10.3. The van der Waals surface area contributed by atoms with Crippen molar-refractivity contribution < 1.29 is 22.4 Å². The average molecular weight is 350 g/mol. The van der Waals surface area contributed by atoms with Crippen LogP contribution in [-0.4, -0.2) is 26.6 Å². The monoisotopic (exact) mass is 350 g/mol. The summed E-state index contributed by atoms with van der Waals surface area (Å²) in [5.41, 5.74) is 0.561. The van der Waals surface area contributed by atoms with E-state index in [1.165, 1.54) is 18.2 Å². The van der Waals surface area contributed by atoms with Crippen LogP contribution in [0.4, 0.5) is 0 Å². The molecular formula is C15H14N2O6S. The Kier molecular flexibility index (Phi) is 4.65. The number of benzene rings is 2. The maximum Gasteiger partial charge on any atom is 0.417 e. The van der Waals surface area contributed by atoms with Crippen molar-refractivity contribution in [2.45, 2.75) is 4.90 Å². The quantitative estimate of drug-likeness (QED) is 0.492. The Morgan fingerprint density at radius 3 is 2.67 bits per heavy atom. The van der Waals surface area contributed by atoms with Crippen LogP contribution in [-0.2, 0) is 14.9 Å². The molecule has 2 N–H and O–H groups in total. The van der Waals surface area contributed by atoms with E-state index >= 15 is 0 Å². The van der Waals surface area contributed by atoms with Crippen molar-refractivity contribution in [3.8, 4) is 5.75 Å². The fourth-order valence-corrected chi connectivity index (χ4v) is 2.82. The predicted octanol–water partition coefficient (Wildman–Crippen LogP) is 1.41. The van der Waals surface area contributed by atoms with Crippen molar-refractivity contribution in [1.29, 1.82) is 0 Å². The predicted molar refractivity (Wildman–Crippen MR) is 85.0 cm³/mol. The number of sulfonamides is 1. The normalized spacial score (nSPS) is 11.7. The number of hydrogen-bond acceptors (Lipinski definition) is 6. The summed E-state index contributed by atoms with van der Waals surface area (Å²) in [6, 6.07) is 13.1. The average Bonchev–Trinajstić information content (AvgIpc) is 2.94. The molecule has 0 atom stereocenters. The molecule has 0 radical (unpaired) electrons. The van der Waals surface area contributed by atoms with Crippen molar-refractivity contribution in [1.82, 2.24) is 9.87 Å². The maximum absolute atomic E-state index is 12.1. The second kappa shape index (κ2) is 6.87. The summed E-state index contributed by atoms with van der Waals surface area (Å²) >= 11 is 0. The number of rotatable bonds is 7. The van der Waals surface area contributed by atoms with E-state index in [2.05, 4.69) is 4.98 Å². The van der Waals surface area contributed by atoms with Crippen LogP contribution in [0.1, 0.15) is 0 Å². The minimum Gasteiger partial charge on any atom is -0.491 e. The van der Waals surface area contributed by atoms with E-state index in [0.29, 0.717) is 11.3 Å². The van der Waals surface area contributed by atoms with Gasteiger partial charge in [-0.1, -0.05) is 23.1 Å². The highest BCUT2D eigenvalue weighted by atomic mass is 32.2. The Bertz CT molecular complexity index is 978. The SMILES string of the molecule is O=c1[nH]c2ccc(S(=O)(=O)NOCCOc3ccccc3)cc2o1. The molecule has 126 valence electrons. The molecule has 0 aliphatic heterocycles. The van der Waals surface area contributed by atoms with Gasteiger partial charge in [-0.25, -0.2) is 13.2 Å². The summed E-state index contributed by atoms with van der Waals surface area (Å²) in [5.74, 6) is 0.0127. The van der Waals surface area contributed by atoms with Crippen LogP contribution < -0.4 is 15.4 Å². The Hall–Kier alpha value is -2.62. The first-order valence-electron chi connectivity index (χ1n) is 6.99. The van der Waals surface area contributed by atoms with E-state index in [0.717, 1.165) is 0 Å². The molecule has 2 aromatic carbocycles. The first-order valence-corrected chi connectivity index (χ1v) is 8.47. The first kappa shape index (κ1) is 16.2. The van der Waals surface area contributed by atoms with E-state index in [1.807, 2.05) is 23.1 Å². The third-order valence-corrected chi connectivity index (χ3v) is 4.28. The van der Waals surface area contributed by atoms with Gasteiger partial charge in [0.05, 0.1) is 10.4 Å². The molecule has 24 heavy (non-hydrogen) atoms. The van der Waals surface area contributed by atoms with Gasteiger partial charge in [-0.3, -0.25) is 9.82 Å². The van der Waals surface area contributed by atoms with Crippen LogP contribution in [0.2, 0.25) is 0 Å². The molecule has 3 aromatic rings. The highest BCUT2D eigenvalue weighted by molar-refractivity contribution is 7.89. The number of ether oxygens (including phenoxy) is 1. The van der Waals surface area contributed by atoms with Crippen molar-refractivity contribution in [3.63, 3.8) is 0 Å². The van der Waals surface area contributed by atoms with E-state index < -0.39 is 15.8 Å². The number of hydrogen-bond donors (Lipinski definition) is 2. The molecule has 0 fully saturated rings. The number of aromatic amines is 1. The first-order chi connectivity index (χ1) is 11.5. The lowest BCUT2D eigenvalue weighted by Crippen LogP contribution is -2.26. The van der Waals surface area contributed by atoms with Crippen molar-refractivity contribution in [3.05, 3.63) is 59.1 Å². The summed E-state index contributed by atoms with van der Waals surface area (Å²) in [6.07, 6.45) is 0. The summed E-state index contributed by atoms with van der Waals surface area (Å²) in [7, 11) is -3.89. The standard InChI is InChI=1S/C15H14N2O6S/c18-15-16-13-7-6-12(10-14(13)23-15)24(19,20)17-22-9-8-21-11-4-2-1-3-5-11/h1-7,10,17H,8-9H2,(H,16,18). The van der Waals surface area contributed by atoms with E-state index in [4.69, 9.17) is 14.0 Å². The van der Waals surface area contributed by atoms with Crippen molar-refractivity contribution >= 4 is 21.1 Å². The number of H-pyrrole nitrogens is 1. The van der Waals surface area contributed by atoms with E-state index in [9.17, 15) is 13.2 Å². The lowest BCUT2D eigenvalue weighted by molar-refractivity contribution is 0.0665. The zero-order valence-electron chi connectivity index (χ0n) is 12.4. The van der Waals surface area contributed by atoms with Gasteiger partial charge in [0, 0.05) is 6.07 Å². The molecular weight excluding hydrogens is 336 g/mol. The summed E-state index contributed by atoms with van der Waals surface area (Å²) in [4.78, 5) is 20.4. The molecule has 0 unspecified atom stereocenters. The second-order valence-electron chi connectivity index (χ2n) is 4.77. The highest BCUT2D eigenvalue weighted by Gasteiger charge is 2.16. The molecule has 0 saturated carbocycles. The van der Waals surface area contributed by atoms with Gasteiger partial charge in [0.1, 0.15) is 19.0 Å². The fourth-order valence-electron chi connectivity index (χ4n) is 1.98. The Balaban J connectivity index is 1.56. The van der Waals surface area contributed by atoms with Gasteiger partial charge < -0.3 is 9.15 Å². The van der Waals surface area contributed by atoms with Crippen molar-refractivity contribution in [2.24, 2.45) is 0 Å². The maximum atomic E-state index is 12.1. The van der Waals surface area contributed by atoms with Gasteiger partial charge >= 0.3 is 5.76 Å². The third kappa shape index (κ3) is 3.82. The molecule has 0 amide bonds. The van der Waals surface area contributed by atoms with Crippen LogP contribution in [0, 0.1) is 0 Å². The van der Waals surface area contributed by atoms with E-state index in [-0.39, 0.29) is 23.7 Å². The number of aromatic nitrogens is 1. The lowest BCUT2D eigenvalue weighted by Gasteiger charge is -2.08. The molecule has 3 rings (SSSR count). The van der Waals surface area contributed by atoms with Gasteiger partial charge in [0.25, 0.3) is 10.0 Å². The summed E-state index contributed by atoms with van der Waals surface area (Å²) in [5, 5.41) is 0. The molecule has 0 spiro atoms. The van der Waals surface area contributed by atoms with Crippen LogP contribution in [0.25, 0.3) is 11.1 Å². The van der Waals surface area contributed by atoms with Crippen LogP contribution in [0.15, 0.2) is 62.6 Å². The Morgan fingerprint density at radius 2 is 1.88 bits per heavy atom. The van der Waals surface area contributed by atoms with Gasteiger partial charge in [-0.15, -0.1) is 0 Å². The van der Waals surface area contributed by atoms with Crippen LogP contribution in [0.5, 0.6) is 5.75 Å². The minimum absolute atomic E-state index is 0.0234. The van der Waals surface area contributed by atoms with Crippen molar-refractivity contribution in [2.75, 3.05) is 13.2 Å². The Morgan fingerprint density at radius 1 is 1.08 bits per heavy atom. The zero-order valence-corrected chi connectivity index (χ0v) is 13.2.